The van der Waals surface area contributed by atoms with Crippen LogP contribution in [0.5, 0.6) is 0 Å². The molecule has 0 saturated carbocycles. The van der Waals surface area contributed by atoms with Crippen molar-refractivity contribution in [3.63, 3.8) is 0 Å². The fourth-order valence-corrected chi connectivity index (χ4v) is 1.99. The normalized spacial score (nSPS) is 17.3. The number of hydrogen-bond donors (Lipinski definition) is 1. The minimum atomic E-state index is 0.321. The van der Waals surface area contributed by atoms with Crippen LogP contribution >= 0.6 is 0 Å². The summed E-state index contributed by atoms with van der Waals surface area (Å²) in [5.74, 6) is 0.321. The second-order valence-corrected chi connectivity index (χ2v) is 3.66. The first-order valence-electron chi connectivity index (χ1n) is 5.05. The van der Waals surface area contributed by atoms with Gasteiger partial charge in [0.05, 0.1) is 0 Å². The lowest BCUT2D eigenvalue weighted by molar-refractivity contribution is 0.0853. The van der Waals surface area contributed by atoms with Crippen LogP contribution in [0.2, 0.25) is 0 Å². The number of pyridine rings is 1. The van der Waals surface area contributed by atoms with Crippen molar-refractivity contribution in [3.05, 3.63) is 23.5 Å². The molecule has 1 aliphatic heterocycles. The number of hydrogen-bond acceptors (Lipinski definition) is 4. The number of rotatable bonds is 1. The highest BCUT2D eigenvalue weighted by atomic mass is 16.5. The Morgan fingerprint density at radius 2 is 2.20 bits per heavy atom. The van der Waals surface area contributed by atoms with E-state index in [0.717, 1.165) is 31.6 Å². The van der Waals surface area contributed by atoms with Crippen LogP contribution in [0.15, 0.2) is 12.3 Å². The summed E-state index contributed by atoms with van der Waals surface area (Å²) in [6.07, 6.45) is 3.42. The fraction of sp³-hybridized carbons (Fsp3) is 0.455. The average Bonchev–Trinajstić information content (AvgIpc) is 2.29. The van der Waals surface area contributed by atoms with E-state index in [1.54, 1.807) is 12.3 Å². The van der Waals surface area contributed by atoms with Crippen molar-refractivity contribution in [1.82, 2.24) is 4.98 Å². The number of nitrogens with two attached hydrogens (primary N) is 1. The van der Waals surface area contributed by atoms with Crippen LogP contribution in [0.4, 0.5) is 5.69 Å². The maximum atomic E-state index is 8.97. The van der Waals surface area contributed by atoms with Crippen LogP contribution < -0.4 is 5.73 Å². The van der Waals surface area contributed by atoms with Crippen molar-refractivity contribution in [2.24, 2.45) is 0 Å². The smallest absolute Gasteiger partial charge is 0.145 e. The number of anilines is 1. The highest BCUT2D eigenvalue weighted by molar-refractivity contribution is 5.53. The van der Waals surface area contributed by atoms with Crippen LogP contribution in [-0.4, -0.2) is 18.2 Å². The minimum absolute atomic E-state index is 0.321. The lowest BCUT2D eigenvalue weighted by Gasteiger charge is -2.23. The van der Waals surface area contributed by atoms with Crippen molar-refractivity contribution in [2.75, 3.05) is 18.9 Å². The number of nitrogens with zero attached hydrogens (tertiary/aromatic N) is 2. The van der Waals surface area contributed by atoms with E-state index in [-0.39, 0.29) is 0 Å². The van der Waals surface area contributed by atoms with Crippen LogP contribution in [-0.2, 0) is 4.74 Å². The van der Waals surface area contributed by atoms with Gasteiger partial charge in [-0.3, -0.25) is 0 Å². The third kappa shape index (κ3) is 1.92. The molecule has 0 radical (unpaired) electrons. The largest absolute Gasteiger partial charge is 0.398 e. The van der Waals surface area contributed by atoms with E-state index < -0.39 is 0 Å². The van der Waals surface area contributed by atoms with Crippen LogP contribution in [0.25, 0.3) is 0 Å². The second kappa shape index (κ2) is 4.28. The maximum Gasteiger partial charge on any atom is 0.145 e. The molecule has 0 atom stereocenters. The van der Waals surface area contributed by atoms with Crippen molar-refractivity contribution in [1.29, 1.82) is 5.26 Å². The number of aromatic nitrogens is 1. The molecule has 1 aromatic heterocycles. The molecule has 0 aromatic carbocycles. The predicted molar refractivity (Wildman–Crippen MR) is 56.2 cm³/mol. The Morgan fingerprint density at radius 3 is 2.87 bits per heavy atom. The Kier molecular flexibility index (Phi) is 2.84. The molecule has 0 aliphatic carbocycles. The van der Waals surface area contributed by atoms with E-state index >= 15 is 0 Å². The topological polar surface area (TPSA) is 71.9 Å². The lowest BCUT2D eigenvalue weighted by atomic mass is 9.89. The van der Waals surface area contributed by atoms with Gasteiger partial charge in [0.1, 0.15) is 11.8 Å². The monoisotopic (exact) mass is 203 g/mol. The van der Waals surface area contributed by atoms with Gasteiger partial charge in [-0.05, 0) is 24.8 Å². The molecule has 1 aliphatic rings. The summed E-state index contributed by atoms with van der Waals surface area (Å²) in [6.45, 7) is 1.48. The number of nitriles is 1. The van der Waals surface area contributed by atoms with Gasteiger partial charge in [0.25, 0.3) is 0 Å². The number of ether oxygens (including phenoxy) is 1. The molecule has 2 rings (SSSR count). The minimum Gasteiger partial charge on any atom is -0.398 e. The first kappa shape index (κ1) is 9.94. The maximum absolute atomic E-state index is 8.97. The molecule has 15 heavy (non-hydrogen) atoms. The van der Waals surface area contributed by atoms with Gasteiger partial charge in [0, 0.05) is 30.7 Å². The fourth-order valence-electron chi connectivity index (χ4n) is 1.99. The molecule has 0 bridgehead atoms. The van der Waals surface area contributed by atoms with Crippen LogP contribution in [0.3, 0.4) is 0 Å². The number of nitrogen functional groups attached to an aromatic ring is 1. The molecular formula is C11H13N3O. The van der Waals surface area contributed by atoms with E-state index in [1.807, 2.05) is 0 Å². The zero-order valence-electron chi connectivity index (χ0n) is 8.44. The van der Waals surface area contributed by atoms with Crippen LogP contribution in [0.1, 0.15) is 30.0 Å². The molecule has 0 spiro atoms. The Balaban J connectivity index is 2.37. The van der Waals surface area contributed by atoms with Gasteiger partial charge in [-0.1, -0.05) is 0 Å². The highest BCUT2D eigenvalue weighted by Gasteiger charge is 2.21. The SMILES string of the molecule is N#Cc1nccc(N)c1C1CCOCC1. The molecule has 1 aromatic rings. The summed E-state index contributed by atoms with van der Waals surface area (Å²) >= 11 is 0. The van der Waals surface area contributed by atoms with E-state index in [1.165, 1.54) is 0 Å². The van der Waals surface area contributed by atoms with Gasteiger partial charge >= 0.3 is 0 Å². The zero-order chi connectivity index (χ0) is 10.7. The Labute approximate surface area is 88.7 Å². The Bertz CT molecular complexity index is 391. The summed E-state index contributed by atoms with van der Waals surface area (Å²) in [4.78, 5) is 4.05. The molecule has 2 heterocycles. The average molecular weight is 203 g/mol. The molecule has 1 fully saturated rings. The Morgan fingerprint density at radius 1 is 1.47 bits per heavy atom. The van der Waals surface area contributed by atoms with Crippen molar-refractivity contribution < 1.29 is 4.74 Å². The van der Waals surface area contributed by atoms with Crippen molar-refractivity contribution >= 4 is 5.69 Å². The van der Waals surface area contributed by atoms with E-state index in [9.17, 15) is 0 Å². The van der Waals surface area contributed by atoms with E-state index in [0.29, 0.717) is 17.3 Å². The second-order valence-electron chi connectivity index (χ2n) is 3.66. The Hall–Kier alpha value is -1.60. The third-order valence-corrected chi connectivity index (χ3v) is 2.76. The van der Waals surface area contributed by atoms with Gasteiger partial charge in [-0.15, -0.1) is 0 Å². The molecule has 4 nitrogen and oxygen atoms in total. The predicted octanol–water partition coefficient (Wildman–Crippen LogP) is 1.43. The van der Waals surface area contributed by atoms with Gasteiger partial charge in [0.15, 0.2) is 0 Å². The summed E-state index contributed by atoms with van der Waals surface area (Å²) in [7, 11) is 0. The highest BCUT2D eigenvalue weighted by Crippen LogP contribution is 2.32. The molecule has 78 valence electrons. The van der Waals surface area contributed by atoms with Gasteiger partial charge < -0.3 is 10.5 Å². The molecule has 4 heteroatoms. The summed E-state index contributed by atoms with van der Waals surface area (Å²) in [5, 5.41) is 8.97. The van der Waals surface area contributed by atoms with Crippen LogP contribution in [0, 0.1) is 11.3 Å². The van der Waals surface area contributed by atoms with E-state index in [4.69, 9.17) is 15.7 Å². The standard InChI is InChI=1S/C11H13N3O/c12-7-10-11(9(13)1-4-14-10)8-2-5-15-6-3-8/h1,4,8H,2-3,5-6H2,(H2,13,14). The first-order chi connectivity index (χ1) is 7.33. The van der Waals surface area contributed by atoms with Gasteiger partial charge in [0.2, 0.25) is 0 Å². The summed E-state index contributed by atoms with van der Waals surface area (Å²) in [5.41, 5.74) is 7.94. The molecule has 1 saturated heterocycles. The summed E-state index contributed by atoms with van der Waals surface area (Å²) < 4.78 is 5.29. The zero-order valence-corrected chi connectivity index (χ0v) is 8.44. The summed E-state index contributed by atoms with van der Waals surface area (Å²) in [6, 6.07) is 3.86. The lowest BCUT2D eigenvalue weighted by Crippen LogP contribution is -2.17. The van der Waals surface area contributed by atoms with Crippen molar-refractivity contribution in [3.8, 4) is 6.07 Å². The molecule has 0 unspecified atom stereocenters. The van der Waals surface area contributed by atoms with Gasteiger partial charge in [-0.2, -0.15) is 5.26 Å². The molecule has 2 N–H and O–H groups in total. The molecule has 0 amide bonds. The quantitative estimate of drug-likeness (QED) is 0.749. The third-order valence-electron chi connectivity index (χ3n) is 2.76. The molecular weight excluding hydrogens is 190 g/mol. The van der Waals surface area contributed by atoms with Crippen molar-refractivity contribution in [2.45, 2.75) is 18.8 Å². The van der Waals surface area contributed by atoms with Gasteiger partial charge in [-0.25, -0.2) is 4.98 Å². The first-order valence-corrected chi connectivity index (χ1v) is 5.05. The van der Waals surface area contributed by atoms with E-state index in [2.05, 4.69) is 11.1 Å².